The Balaban J connectivity index is 2.54. The Kier molecular flexibility index (Phi) is 3.37. The number of aryl methyl sites for hydroxylation is 1. The summed E-state index contributed by atoms with van der Waals surface area (Å²) in [6.07, 6.45) is 0.819. The lowest BCUT2D eigenvalue weighted by Crippen LogP contribution is -2.29. The number of benzene rings is 1. The van der Waals surface area contributed by atoms with E-state index in [4.69, 9.17) is 0 Å². The van der Waals surface area contributed by atoms with Crippen molar-refractivity contribution in [3.8, 4) is 0 Å². The average molecular weight is 300 g/mol. The van der Waals surface area contributed by atoms with Crippen LogP contribution < -0.4 is 11.0 Å². The van der Waals surface area contributed by atoms with Gasteiger partial charge < -0.3 is 0 Å². The number of aromatic nitrogens is 2. The molecular formula is C16H16N2O2S. The minimum absolute atomic E-state index is 0.0327. The van der Waals surface area contributed by atoms with Gasteiger partial charge in [0.2, 0.25) is 5.43 Å². The van der Waals surface area contributed by atoms with Gasteiger partial charge in [0.05, 0.1) is 0 Å². The Bertz CT molecular complexity index is 956. The minimum Gasteiger partial charge on any atom is -0.293 e. The lowest BCUT2D eigenvalue weighted by Gasteiger charge is -2.16. The van der Waals surface area contributed by atoms with E-state index in [1.807, 2.05) is 39.0 Å². The Morgan fingerprint density at radius 3 is 2.71 bits per heavy atom. The van der Waals surface area contributed by atoms with Crippen LogP contribution in [-0.4, -0.2) is 9.55 Å². The number of hydrogen-bond acceptors (Lipinski definition) is 4. The molecule has 0 bridgehead atoms. The van der Waals surface area contributed by atoms with E-state index in [1.165, 1.54) is 11.3 Å². The Morgan fingerprint density at radius 1 is 1.29 bits per heavy atom. The zero-order valence-corrected chi connectivity index (χ0v) is 13.0. The molecule has 21 heavy (non-hydrogen) atoms. The predicted molar refractivity (Wildman–Crippen MR) is 87.4 cm³/mol. The maximum atomic E-state index is 12.7. The molecule has 0 amide bonds. The van der Waals surface area contributed by atoms with Crippen molar-refractivity contribution in [3.05, 3.63) is 50.7 Å². The number of nitrogens with zero attached hydrogens (tertiary/aromatic N) is 2. The zero-order chi connectivity index (χ0) is 15.1. The number of rotatable bonds is 2. The largest absolute Gasteiger partial charge is 0.293 e. The Morgan fingerprint density at radius 2 is 2.00 bits per heavy atom. The maximum Gasteiger partial charge on any atom is 0.266 e. The molecule has 0 radical (unpaired) electrons. The van der Waals surface area contributed by atoms with Crippen LogP contribution in [0.2, 0.25) is 0 Å². The summed E-state index contributed by atoms with van der Waals surface area (Å²) in [7, 11) is 0. The summed E-state index contributed by atoms with van der Waals surface area (Å²) in [4.78, 5) is 30.4. The van der Waals surface area contributed by atoms with Crippen LogP contribution in [0.4, 0.5) is 0 Å². The molecule has 0 fully saturated rings. The average Bonchev–Trinajstić information content (AvgIpc) is 2.46. The van der Waals surface area contributed by atoms with Gasteiger partial charge in [-0.25, -0.2) is 4.98 Å². The second-order valence-corrected chi connectivity index (χ2v) is 6.23. The highest BCUT2D eigenvalue weighted by Gasteiger charge is 2.16. The zero-order valence-electron chi connectivity index (χ0n) is 12.2. The molecule has 2 aromatic heterocycles. The van der Waals surface area contributed by atoms with Crippen LogP contribution in [0.1, 0.15) is 32.1 Å². The highest BCUT2D eigenvalue weighted by molar-refractivity contribution is 7.24. The molecule has 3 rings (SSSR count). The van der Waals surface area contributed by atoms with E-state index < -0.39 is 0 Å². The van der Waals surface area contributed by atoms with Gasteiger partial charge in [-0.2, -0.15) is 0 Å². The van der Waals surface area contributed by atoms with E-state index >= 15 is 0 Å². The first-order valence-corrected chi connectivity index (χ1v) is 7.81. The first-order chi connectivity index (χ1) is 10.0. The van der Waals surface area contributed by atoms with Crippen LogP contribution in [0.25, 0.3) is 20.3 Å². The lowest BCUT2D eigenvalue weighted by molar-refractivity contribution is 0.497. The first-order valence-electron chi connectivity index (χ1n) is 6.99. The fraction of sp³-hybridized carbons (Fsp3) is 0.312. The van der Waals surface area contributed by atoms with Crippen molar-refractivity contribution in [2.75, 3.05) is 0 Å². The summed E-state index contributed by atoms with van der Waals surface area (Å²) in [6.45, 7) is 5.80. The molecule has 1 aromatic carbocycles. The van der Waals surface area contributed by atoms with Crippen molar-refractivity contribution in [1.82, 2.24) is 9.55 Å². The van der Waals surface area contributed by atoms with Gasteiger partial charge in [-0.05, 0) is 32.4 Å². The van der Waals surface area contributed by atoms with Crippen molar-refractivity contribution in [1.29, 1.82) is 0 Å². The second-order valence-electron chi connectivity index (χ2n) is 5.20. The first kappa shape index (κ1) is 13.9. The fourth-order valence-electron chi connectivity index (χ4n) is 2.57. The summed E-state index contributed by atoms with van der Waals surface area (Å²) in [5.74, 6) is 0.660. The smallest absolute Gasteiger partial charge is 0.266 e. The van der Waals surface area contributed by atoms with Crippen LogP contribution >= 0.6 is 11.3 Å². The SMILES string of the molecule is CCC(C)n1c(C)nc2sc3ccccc3c(=O)c2c1=O. The maximum absolute atomic E-state index is 12.7. The van der Waals surface area contributed by atoms with E-state index in [-0.39, 0.29) is 22.4 Å². The van der Waals surface area contributed by atoms with Crippen LogP contribution in [-0.2, 0) is 0 Å². The highest BCUT2D eigenvalue weighted by Crippen LogP contribution is 2.22. The minimum atomic E-state index is -0.223. The quantitative estimate of drug-likeness (QED) is 0.683. The summed E-state index contributed by atoms with van der Waals surface area (Å²) in [6, 6.07) is 7.39. The lowest BCUT2D eigenvalue weighted by atomic mass is 10.2. The molecule has 2 heterocycles. The van der Waals surface area contributed by atoms with Gasteiger partial charge in [-0.3, -0.25) is 14.2 Å². The molecule has 0 saturated heterocycles. The molecule has 5 heteroatoms. The number of fused-ring (bicyclic) bond motifs is 2. The Labute approximate surface area is 125 Å². The van der Waals surface area contributed by atoms with Gasteiger partial charge in [0, 0.05) is 16.1 Å². The van der Waals surface area contributed by atoms with Gasteiger partial charge in [-0.1, -0.05) is 19.1 Å². The van der Waals surface area contributed by atoms with Crippen LogP contribution in [0.5, 0.6) is 0 Å². The summed E-state index contributed by atoms with van der Waals surface area (Å²) in [5.41, 5.74) is -0.437. The van der Waals surface area contributed by atoms with Crippen LogP contribution in [0.3, 0.4) is 0 Å². The summed E-state index contributed by atoms with van der Waals surface area (Å²) >= 11 is 1.40. The molecular weight excluding hydrogens is 284 g/mol. The number of hydrogen-bond donors (Lipinski definition) is 0. The topological polar surface area (TPSA) is 52.0 Å². The van der Waals surface area contributed by atoms with Crippen molar-refractivity contribution >= 4 is 31.6 Å². The molecule has 0 spiro atoms. The van der Waals surface area contributed by atoms with Crippen molar-refractivity contribution in [2.24, 2.45) is 0 Å². The van der Waals surface area contributed by atoms with Gasteiger partial charge >= 0.3 is 0 Å². The monoisotopic (exact) mass is 300 g/mol. The van der Waals surface area contributed by atoms with Crippen molar-refractivity contribution in [3.63, 3.8) is 0 Å². The van der Waals surface area contributed by atoms with E-state index in [1.54, 1.807) is 10.6 Å². The molecule has 0 aliphatic rings. The van der Waals surface area contributed by atoms with Gasteiger partial charge in [-0.15, -0.1) is 11.3 Å². The highest BCUT2D eigenvalue weighted by atomic mass is 32.1. The van der Waals surface area contributed by atoms with E-state index in [2.05, 4.69) is 4.98 Å². The molecule has 0 aliphatic carbocycles. The van der Waals surface area contributed by atoms with Gasteiger partial charge in [0.15, 0.2) is 0 Å². The normalized spacial score (nSPS) is 12.9. The second kappa shape index (κ2) is 5.07. The van der Waals surface area contributed by atoms with Crippen LogP contribution in [0.15, 0.2) is 33.9 Å². The van der Waals surface area contributed by atoms with E-state index in [0.29, 0.717) is 16.0 Å². The molecule has 1 unspecified atom stereocenters. The van der Waals surface area contributed by atoms with E-state index in [0.717, 1.165) is 11.1 Å². The summed E-state index contributed by atoms with van der Waals surface area (Å²) < 4.78 is 2.49. The molecule has 0 N–H and O–H groups in total. The third-order valence-corrected chi connectivity index (χ3v) is 4.92. The van der Waals surface area contributed by atoms with Crippen LogP contribution in [0, 0.1) is 6.92 Å². The third-order valence-electron chi connectivity index (χ3n) is 3.86. The Hall–Kier alpha value is -2.01. The van der Waals surface area contributed by atoms with Gasteiger partial charge in [0.25, 0.3) is 5.56 Å². The molecule has 108 valence electrons. The standard InChI is InChI=1S/C16H16N2O2S/c1-4-9(2)18-10(3)17-15-13(16(18)20)14(19)11-7-5-6-8-12(11)21-15/h5-9H,4H2,1-3H3. The fourth-order valence-corrected chi connectivity index (χ4v) is 3.65. The molecule has 3 aromatic rings. The van der Waals surface area contributed by atoms with Crippen molar-refractivity contribution < 1.29 is 0 Å². The van der Waals surface area contributed by atoms with Crippen molar-refractivity contribution in [2.45, 2.75) is 33.2 Å². The third kappa shape index (κ3) is 2.08. The van der Waals surface area contributed by atoms with E-state index in [9.17, 15) is 9.59 Å². The molecule has 0 aliphatic heterocycles. The molecule has 4 nitrogen and oxygen atoms in total. The summed E-state index contributed by atoms with van der Waals surface area (Å²) in [5, 5.41) is 0.804. The predicted octanol–water partition coefficient (Wildman–Crippen LogP) is 3.25. The van der Waals surface area contributed by atoms with Gasteiger partial charge in [0.1, 0.15) is 16.0 Å². The molecule has 1 atom stereocenters. The molecule has 0 saturated carbocycles.